The topological polar surface area (TPSA) is 83.9 Å². The van der Waals surface area contributed by atoms with Gasteiger partial charge in [0.25, 0.3) is 0 Å². The standard InChI is InChI=1S/C14H19NO5S/c1-20-10-11-5-4-8-15(9-11)21(18,19)13-7-3-2-6-12(13)14(16)17/h2-3,6-7,11H,4-5,8-10H2,1H3,(H,16,17). The number of hydrogen-bond acceptors (Lipinski definition) is 4. The minimum absolute atomic E-state index is 0.143. The number of methoxy groups -OCH3 is 1. The minimum Gasteiger partial charge on any atom is -0.478 e. The summed E-state index contributed by atoms with van der Waals surface area (Å²) in [5.41, 5.74) is -0.189. The van der Waals surface area contributed by atoms with Gasteiger partial charge in [-0.1, -0.05) is 12.1 Å². The van der Waals surface area contributed by atoms with E-state index in [0.717, 1.165) is 12.8 Å². The highest BCUT2D eigenvalue weighted by atomic mass is 32.2. The Bertz CT molecular complexity index is 612. The second kappa shape index (κ2) is 6.55. The molecule has 1 fully saturated rings. The fraction of sp³-hybridized carbons (Fsp3) is 0.500. The largest absolute Gasteiger partial charge is 0.478 e. The fourth-order valence-electron chi connectivity index (χ4n) is 2.62. The number of ether oxygens (including phenoxy) is 1. The van der Waals surface area contributed by atoms with E-state index in [4.69, 9.17) is 9.84 Å². The number of hydrogen-bond donors (Lipinski definition) is 1. The highest BCUT2D eigenvalue weighted by molar-refractivity contribution is 7.89. The van der Waals surface area contributed by atoms with Gasteiger partial charge in [0.2, 0.25) is 10.0 Å². The molecule has 1 saturated heterocycles. The van der Waals surface area contributed by atoms with Gasteiger partial charge in [-0.3, -0.25) is 0 Å². The number of carbonyl (C=O) groups is 1. The van der Waals surface area contributed by atoms with Gasteiger partial charge in [0.15, 0.2) is 0 Å². The molecule has 1 aliphatic heterocycles. The molecule has 1 unspecified atom stereocenters. The van der Waals surface area contributed by atoms with E-state index in [9.17, 15) is 13.2 Å². The molecule has 2 rings (SSSR count). The molecule has 0 aromatic heterocycles. The number of carboxylic acids is 1. The number of nitrogens with zero attached hydrogens (tertiary/aromatic N) is 1. The number of piperidine rings is 1. The van der Waals surface area contributed by atoms with E-state index >= 15 is 0 Å². The van der Waals surface area contributed by atoms with E-state index in [1.807, 2.05) is 0 Å². The highest BCUT2D eigenvalue weighted by Gasteiger charge is 2.32. The van der Waals surface area contributed by atoms with Crippen LogP contribution < -0.4 is 0 Å². The molecule has 1 aromatic carbocycles. The Morgan fingerprint density at radius 3 is 2.81 bits per heavy atom. The van der Waals surface area contributed by atoms with Gasteiger partial charge in [-0.05, 0) is 30.9 Å². The summed E-state index contributed by atoms with van der Waals surface area (Å²) in [7, 11) is -2.20. The third-order valence-corrected chi connectivity index (χ3v) is 5.54. The SMILES string of the molecule is COCC1CCCN(S(=O)(=O)c2ccccc2C(=O)O)C1. The Balaban J connectivity index is 2.32. The van der Waals surface area contributed by atoms with Crippen molar-refractivity contribution in [3.05, 3.63) is 29.8 Å². The molecule has 0 aliphatic carbocycles. The van der Waals surface area contributed by atoms with Crippen LogP contribution in [-0.2, 0) is 14.8 Å². The zero-order chi connectivity index (χ0) is 15.5. The molecule has 1 heterocycles. The molecule has 0 saturated carbocycles. The van der Waals surface area contributed by atoms with Gasteiger partial charge < -0.3 is 9.84 Å². The fourth-order valence-corrected chi connectivity index (χ4v) is 4.36. The van der Waals surface area contributed by atoms with Crippen molar-refractivity contribution in [2.24, 2.45) is 5.92 Å². The number of carboxylic acid groups (broad SMARTS) is 1. The monoisotopic (exact) mass is 313 g/mol. The van der Waals surface area contributed by atoms with Crippen LogP contribution in [0.15, 0.2) is 29.2 Å². The van der Waals surface area contributed by atoms with Crippen LogP contribution in [0.5, 0.6) is 0 Å². The summed E-state index contributed by atoms with van der Waals surface area (Å²) in [4.78, 5) is 11.1. The number of sulfonamides is 1. The molecule has 1 aliphatic rings. The first kappa shape index (κ1) is 15.9. The van der Waals surface area contributed by atoms with Crippen molar-refractivity contribution < 1.29 is 23.1 Å². The van der Waals surface area contributed by atoms with E-state index in [2.05, 4.69) is 0 Å². The van der Waals surface area contributed by atoms with Crippen molar-refractivity contribution in [3.63, 3.8) is 0 Å². The molecular weight excluding hydrogens is 294 g/mol. The first-order valence-corrected chi connectivity index (χ1v) is 8.22. The van der Waals surface area contributed by atoms with E-state index in [-0.39, 0.29) is 16.4 Å². The summed E-state index contributed by atoms with van der Waals surface area (Å²) in [5, 5.41) is 9.16. The van der Waals surface area contributed by atoms with Crippen molar-refractivity contribution >= 4 is 16.0 Å². The molecule has 1 atom stereocenters. The average molecular weight is 313 g/mol. The minimum atomic E-state index is -3.79. The number of benzene rings is 1. The van der Waals surface area contributed by atoms with Gasteiger partial charge in [-0.2, -0.15) is 4.31 Å². The van der Waals surface area contributed by atoms with Crippen LogP contribution in [0.2, 0.25) is 0 Å². The third-order valence-electron chi connectivity index (χ3n) is 3.62. The van der Waals surface area contributed by atoms with Crippen LogP contribution >= 0.6 is 0 Å². The Hall–Kier alpha value is -1.44. The van der Waals surface area contributed by atoms with Gasteiger partial charge in [0, 0.05) is 20.2 Å². The molecular formula is C14H19NO5S. The Labute approximate surface area is 124 Å². The Kier molecular flexibility index (Phi) is 4.97. The lowest BCUT2D eigenvalue weighted by Crippen LogP contribution is -2.41. The summed E-state index contributed by atoms with van der Waals surface area (Å²) in [6, 6.07) is 5.72. The van der Waals surface area contributed by atoms with Crippen LogP contribution in [0, 0.1) is 5.92 Å². The summed E-state index contributed by atoms with van der Waals surface area (Å²) in [6.07, 6.45) is 1.67. The molecule has 21 heavy (non-hydrogen) atoms. The normalized spacial score (nSPS) is 20.3. The first-order chi connectivity index (χ1) is 9.96. The maximum atomic E-state index is 12.7. The van der Waals surface area contributed by atoms with Crippen molar-refractivity contribution in [1.29, 1.82) is 0 Å². The lowest BCUT2D eigenvalue weighted by molar-refractivity contribution is 0.0692. The van der Waals surface area contributed by atoms with Crippen molar-refractivity contribution in [2.75, 3.05) is 26.8 Å². The maximum Gasteiger partial charge on any atom is 0.337 e. The van der Waals surface area contributed by atoms with Crippen molar-refractivity contribution in [2.45, 2.75) is 17.7 Å². The molecule has 6 nitrogen and oxygen atoms in total. The summed E-state index contributed by atoms with van der Waals surface area (Å²) in [6.45, 7) is 1.28. The summed E-state index contributed by atoms with van der Waals surface area (Å²) in [5.74, 6) is -1.09. The highest BCUT2D eigenvalue weighted by Crippen LogP contribution is 2.26. The van der Waals surface area contributed by atoms with Gasteiger partial charge in [-0.25, -0.2) is 13.2 Å². The Morgan fingerprint density at radius 2 is 2.14 bits per heavy atom. The van der Waals surface area contributed by atoms with Crippen LogP contribution in [0.3, 0.4) is 0 Å². The molecule has 0 amide bonds. The van der Waals surface area contributed by atoms with E-state index in [1.165, 1.54) is 28.6 Å². The maximum absolute atomic E-state index is 12.7. The third kappa shape index (κ3) is 3.42. The lowest BCUT2D eigenvalue weighted by Gasteiger charge is -2.31. The quantitative estimate of drug-likeness (QED) is 0.889. The summed E-state index contributed by atoms with van der Waals surface area (Å²) < 4.78 is 31.8. The van der Waals surface area contributed by atoms with Crippen molar-refractivity contribution in [1.82, 2.24) is 4.31 Å². The zero-order valence-corrected chi connectivity index (χ0v) is 12.7. The molecule has 1 aromatic rings. The van der Waals surface area contributed by atoms with Gasteiger partial charge in [0.05, 0.1) is 17.1 Å². The first-order valence-electron chi connectivity index (χ1n) is 6.78. The van der Waals surface area contributed by atoms with Gasteiger partial charge in [0.1, 0.15) is 0 Å². The van der Waals surface area contributed by atoms with E-state index < -0.39 is 16.0 Å². The predicted molar refractivity (Wildman–Crippen MR) is 76.8 cm³/mol. The smallest absolute Gasteiger partial charge is 0.337 e. The second-order valence-electron chi connectivity index (χ2n) is 5.13. The van der Waals surface area contributed by atoms with Crippen molar-refractivity contribution in [3.8, 4) is 0 Å². The molecule has 0 spiro atoms. The number of aromatic carboxylic acids is 1. The van der Waals surface area contributed by atoms with Crippen LogP contribution in [0.4, 0.5) is 0 Å². The van der Waals surface area contributed by atoms with Crippen LogP contribution in [-0.4, -0.2) is 50.6 Å². The molecule has 1 N–H and O–H groups in total. The van der Waals surface area contributed by atoms with E-state index in [0.29, 0.717) is 19.7 Å². The average Bonchev–Trinajstić information content (AvgIpc) is 2.48. The molecule has 116 valence electrons. The zero-order valence-electron chi connectivity index (χ0n) is 11.9. The van der Waals surface area contributed by atoms with Crippen LogP contribution in [0.25, 0.3) is 0 Å². The molecule has 0 radical (unpaired) electrons. The second-order valence-corrected chi connectivity index (χ2v) is 7.03. The summed E-state index contributed by atoms with van der Waals surface area (Å²) >= 11 is 0. The molecule has 7 heteroatoms. The van der Waals surface area contributed by atoms with Gasteiger partial charge >= 0.3 is 5.97 Å². The Morgan fingerprint density at radius 1 is 1.43 bits per heavy atom. The van der Waals surface area contributed by atoms with E-state index in [1.54, 1.807) is 7.11 Å². The lowest BCUT2D eigenvalue weighted by atomic mass is 10.0. The van der Waals surface area contributed by atoms with Crippen LogP contribution in [0.1, 0.15) is 23.2 Å². The predicted octanol–water partition coefficient (Wildman–Crippen LogP) is 1.43. The number of rotatable bonds is 5. The van der Waals surface area contributed by atoms with Gasteiger partial charge in [-0.15, -0.1) is 0 Å². The molecule has 0 bridgehead atoms.